The van der Waals surface area contributed by atoms with Gasteiger partial charge in [0.1, 0.15) is 0 Å². The van der Waals surface area contributed by atoms with E-state index in [9.17, 15) is 0 Å². The van der Waals surface area contributed by atoms with E-state index in [1.165, 1.54) is 25.7 Å². The lowest BCUT2D eigenvalue weighted by molar-refractivity contribution is 0.465. The van der Waals surface area contributed by atoms with Gasteiger partial charge in [-0.05, 0) is 43.1 Å². The first-order valence-electron chi connectivity index (χ1n) is 7.26. The third kappa shape index (κ3) is 2.42. The monoisotopic (exact) mass is 286 g/mol. The number of nitrogens with zero attached hydrogens (tertiary/aromatic N) is 5. The Labute approximate surface area is 122 Å². The summed E-state index contributed by atoms with van der Waals surface area (Å²) in [5.74, 6) is 7.64. The molecule has 2 aromatic heterocycles. The van der Waals surface area contributed by atoms with Crippen LogP contribution in [-0.4, -0.2) is 31.3 Å². The lowest BCUT2D eigenvalue weighted by atomic mass is 10.0. The van der Waals surface area contributed by atoms with Crippen LogP contribution in [0.15, 0.2) is 18.5 Å². The quantitative estimate of drug-likeness (QED) is 0.536. The molecular weight excluding hydrogens is 268 g/mol. The van der Waals surface area contributed by atoms with Crippen molar-refractivity contribution in [2.45, 2.75) is 25.7 Å². The molecule has 2 saturated carbocycles. The van der Waals surface area contributed by atoms with Crippen molar-refractivity contribution in [2.24, 2.45) is 17.2 Å². The number of aromatic nitrogens is 5. The van der Waals surface area contributed by atoms with E-state index in [0.717, 1.165) is 12.5 Å². The Balaban J connectivity index is 1.55. The van der Waals surface area contributed by atoms with E-state index in [0.29, 0.717) is 23.3 Å². The fourth-order valence-electron chi connectivity index (χ4n) is 2.84. The molecule has 0 saturated heterocycles. The van der Waals surface area contributed by atoms with Gasteiger partial charge in [0.15, 0.2) is 0 Å². The Morgan fingerprint density at radius 1 is 1.24 bits per heavy atom. The second-order valence-electron chi connectivity index (χ2n) is 5.87. The number of hydrazine groups is 1. The predicted octanol–water partition coefficient (Wildman–Crippen LogP) is 0.945. The average Bonchev–Trinajstić information content (AvgIpc) is 3.43. The molecule has 110 valence electrons. The summed E-state index contributed by atoms with van der Waals surface area (Å²) in [4.78, 5) is 12.9. The Bertz CT molecular complexity index is 630. The molecule has 2 heterocycles. The molecule has 2 aromatic rings. The van der Waals surface area contributed by atoms with Crippen LogP contribution < -0.4 is 16.6 Å². The Morgan fingerprint density at radius 2 is 2.05 bits per heavy atom. The van der Waals surface area contributed by atoms with Gasteiger partial charge >= 0.3 is 0 Å². The van der Waals surface area contributed by atoms with Crippen LogP contribution in [0.5, 0.6) is 0 Å². The van der Waals surface area contributed by atoms with Crippen LogP contribution in [0.3, 0.4) is 0 Å². The van der Waals surface area contributed by atoms with Crippen molar-refractivity contribution < 1.29 is 0 Å². The number of nitrogens with one attached hydrogen (secondary N) is 2. The van der Waals surface area contributed by atoms with Crippen LogP contribution in [0.2, 0.25) is 0 Å². The fourth-order valence-corrected chi connectivity index (χ4v) is 2.84. The van der Waals surface area contributed by atoms with Crippen molar-refractivity contribution >= 4 is 11.9 Å². The molecule has 2 aliphatic carbocycles. The normalized spacial score (nSPS) is 19.3. The summed E-state index contributed by atoms with van der Waals surface area (Å²) in [7, 11) is 0. The van der Waals surface area contributed by atoms with Crippen LogP contribution in [0.25, 0.3) is 5.95 Å². The molecule has 21 heavy (non-hydrogen) atoms. The minimum atomic E-state index is 0.328. The van der Waals surface area contributed by atoms with Gasteiger partial charge in [0, 0.05) is 18.9 Å². The minimum absolute atomic E-state index is 0.328. The zero-order chi connectivity index (χ0) is 14.3. The summed E-state index contributed by atoms with van der Waals surface area (Å²) >= 11 is 0. The van der Waals surface area contributed by atoms with Crippen LogP contribution in [0, 0.1) is 11.3 Å². The first kappa shape index (κ1) is 12.5. The van der Waals surface area contributed by atoms with Crippen molar-refractivity contribution in [3.8, 4) is 5.95 Å². The van der Waals surface area contributed by atoms with Gasteiger partial charge in [0.25, 0.3) is 5.95 Å². The molecule has 0 atom stereocenters. The van der Waals surface area contributed by atoms with E-state index < -0.39 is 0 Å². The van der Waals surface area contributed by atoms with Gasteiger partial charge in [-0.1, -0.05) is 0 Å². The summed E-state index contributed by atoms with van der Waals surface area (Å²) in [5, 5.41) is 7.48. The van der Waals surface area contributed by atoms with Crippen molar-refractivity contribution in [3.63, 3.8) is 0 Å². The van der Waals surface area contributed by atoms with Gasteiger partial charge in [0.2, 0.25) is 11.9 Å². The smallest absolute Gasteiger partial charge is 0.257 e. The van der Waals surface area contributed by atoms with Crippen LogP contribution in [0.1, 0.15) is 25.7 Å². The van der Waals surface area contributed by atoms with E-state index in [2.05, 4.69) is 30.8 Å². The number of rotatable bonds is 6. The number of hydrogen-bond acceptors (Lipinski definition) is 7. The van der Waals surface area contributed by atoms with E-state index in [4.69, 9.17) is 5.84 Å². The van der Waals surface area contributed by atoms with E-state index in [1.54, 1.807) is 17.1 Å². The summed E-state index contributed by atoms with van der Waals surface area (Å²) in [6.07, 6.45) is 8.82. The third-order valence-electron chi connectivity index (χ3n) is 4.40. The van der Waals surface area contributed by atoms with Gasteiger partial charge in [0.05, 0.1) is 0 Å². The lowest BCUT2D eigenvalue weighted by Gasteiger charge is -2.15. The maximum Gasteiger partial charge on any atom is 0.257 e. The highest BCUT2D eigenvalue weighted by atomic mass is 15.4. The Morgan fingerprint density at radius 3 is 2.67 bits per heavy atom. The topological polar surface area (TPSA) is 107 Å². The molecule has 0 spiro atoms. The van der Waals surface area contributed by atoms with E-state index in [-0.39, 0.29) is 0 Å². The molecule has 2 aliphatic rings. The molecule has 0 unspecified atom stereocenters. The van der Waals surface area contributed by atoms with E-state index >= 15 is 0 Å². The highest BCUT2D eigenvalue weighted by Crippen LogP contribution is 2.61. The maximum absolute atomic E-state index is 5.43. The predicted molar refractivity (Wildman–Crippen MR) is 77.6 cm³/mol. The van der Waals surface area contributed by atoms with Gasteiger partial charge in [-0.3, -0.25) is 5.43 Å². The number of hydrogen-bond donors (Lipinski definition) is 3. The van der Waals surface area contributed by atoms with Crippen molar-refractivity contribution in [1.29, 1.82) is 0 Å². The second-order valence-corrected chi connectivity index (χ2v) is 5.87. The molecule has 0 aliphatic heterocycles. The lowest BCUT2D eigenvalue weighted by Crippen LogP contribution is -2.21. The molecule has 8 nitrogen and oxygen atoms in total. The summed E-state index contributed by atoms with van der Waals surface area (Å²) in [6.45, 7) is 0.921. The SMILES string of the molecule is NNc1nc(NCC2(C3CC3)CC2)nc(-n2cccn2)n1. The first-order valence-corrected chi connectivity index (χ1v) is 7.26. The van der Waals surface area contributed by atoms with Gasteiger partial charge in [-0.25, -0.2) is 10.5 Å². The summed E-state index contributed by atoms with van der Waals surface area (Å²) < 4.78 is 1.58. The molecule has 0 amide bonds. The molecule has 8 heteroatoms. The van der Waals surface area contributed by atoms with Crippen LogP contribution >= 0.6 is 0 Å². The Kier molecular flexibility index (Phi) is 2.78. The number of nitrogens with two attached hydrogens (primary N) is 1. The zero-order valence-corrected chi connectivity index (χ0v) is 11.7. The molecule has 4 rings (SSSR count). The molecule has 4 N–H and O–H groups in total. The van der Waals surface area contributed by atoms with Crippen molar-refractivity contribution in [1.82, 2.24) is 24.7 Å². The number of anilines is 2. The average molecular weight is 286 g/mol. The van der Waals surface area contributed by atoms with Gasteiger partial charge in [-0.2, -0.15) is 20.1 Å². The highest BCUT2D eigenvalue weighted by molar-refractivity contribution is 5.37. The minimum Gasteiger partial charge on any atom is -0.353 e. The largest absolute Gasteiger partial charge is 0.353 e. The highest BCUT2D eigenvalue weighted by Gasteiger charge is 2.53. The molecule has 0 aromatic carbocycles. The fraction of sp³-hybridized carbons (Fsp3) is 0.538. The zero-order valence-electron chi connectivity index (χ0n) is 11.7. The maximum atomic E-state index is 5.43. The second kappa shape index (κ2) is 4.66. The van der Waals surface area contributed by atoms with E-state index in [1.807, 2.05) is 6.07 Å². The summed E-state index contributed by atoms with van der Waals surface area (Å²) in [5.41, 5.74) is 2.96. The van der Waals surface area contributed by atoms with Gasteiger partial charge < -0.3 is 5.32 Å². The Hall–Kier alpha value is -2.22. The molecular formula is C13H18N8. The van der Waals surface area contributed by atoms with Crippen LogP contribution in [-0.2, 0) is 0 Å². The van der Waals surface area contributed by atoms with Gasteiger partial charge in [-0.15, -0.1) is 0 Å². The first-order chi connectivity index (χ1) is 10.3. The standard InChI is InChI=1S/C13H18N8/c14-20-11-17-10(15-8-13(4-5-13)9-2-3-9)18-12(19-11)21-7-1-6-16-21/h1,6-7,9H,2-5,8,14H2,(H2,15,17,18,19,20). The molecule has 2 fully saturated rings. The third-order valence-corrected chi connectivity index (χ3v) is 4.40. The summed E-state index contributed by atoms with van der Waals surface area (Å²) in [6, 6.07) is 1.82. The van der Waals surface area contributed by atoms with Crippen LogP contribution in [0.4, 0.5) is 11.9 Å². The van der Waals surface area contributed by atoms with Crippen molar-refractivity contribution in [2.75, 3.05) is 17.3 Å². The molecule has 0 radical (unpaired) electrons. The van der Waals surface area contributed by atoms with Crippen molar-refractivity contribution in [3.05, 3.63) is 18.5 Å². The number of nitrogen functional groups attached to an aromatic ring is 1. The molecule has 0 bridgehead atoms.